The van der Waals surface area contributed by atoms with Crippen LogP contribution >= 0.6 is 12.2 Å². The van der Waals surface area contributed by atoms with Crippen molar-refractivity contribution >= 4 is 17.2 Å². The van der Waals surface area contributed by atoms with Crippen LogP contribution in [0.4, 0.5) is 0 Å². The summed E-state index contributed by atoms with van der Waals surface area (Å²) in [4.78, 5) is 5.08. The maximum atomic E-state index is 10.4. The summed E-state index contributed by atoms with van der Waals surface area (Å²) in [5.41, 5.74) is 7.48. The first-order valence-electron chi connectivity index (χ1n) is 7.31. The van der Waals surface area contributed by atoms with Crippen molar-refractivity contribution in [1.82, 2.24) is 9.80 Å². The lowest BCUT2D eigenvalue weighted by Gasteiger charge is -2.45. The molecule has 21 heavy (non-hydrogen) atoms. The molecule has 1 heterocycles. The van der Waals surface area contributed by atoms with E-state index in [-0.39, 0.29) is 5.54 Å². The van der Waals surface area contributed by atoms with Crippen LogP contribution in [-0.2, 0) is 0 Å². The van der Waals surface area contributed by atoms with E-state index < -0.39 is 6.10 Å². The number of aliphatic hydroxyl groups excluding tert-OH is 1. The Labute approximate surface area is 132 Å². The van der Waals surface area contributed by atoms with Crippen LogP contribution in [0.15, 0.2) is 24.3 Å². The molecule has 1 aliphatic heterocycles. The van der Waals surface area contributed by atoms with Crippen LogP contribution in [-0.4, -0.2) is 58.7 Å². The van der Waals surface area contributed by atoms with E-state index in [4.69, 9.17) is 18.0 Å². The van der Waals surface area contributed by atoms with Crippen molar-refractivity contribution in [1.29, 1.82) is 0 Å². The summed E-state index contributed by atoms with van der Waals surface area (Å²) in [6.45, 7) is 8.11. The van der Waals surface area contributed by atoms with Gasteiger partial charge in [0.25, 0.3) is 0 Å². The van der Waals surface area contributed by atoms with Gasteiger partial charge in [0.1, 0.15) is 4.99 Å². The van der Waals surface area contributed by atoms with E-state index in [0.717, 1.165) is 30.8 Å². The Hall–Kier alpha value is -1.01. The number of nitrogens with two attached hydrogens (primary N) is 1. The number of hydrogen-bond donors (Lipinski definition) is 2. The van der Waals surface area contributed by atoms with Crippen molar-refractivity contribution in [3.63, 3.8) is 0 Å². The Kier molecular flexibility index (Phi) is 4.99. The summed E-state index contributed by atoms with van der Waals surface area (Å²) >= 11 is 4.94. The van der Waals surface area contributed by atoms with Gasteiger partial charge in [0.05, 0.1) is 6.10 Å². The number of nitrogens with zero attached hydrogens (tertiary/aromatic N) is 2. The van der Waals surface area contributed by atoms with Gasteiger partial charge in [-0.15, -0.1) is 0 Å². The molecule has 1 unspecified atom stereocenters. The van der Waals surface area contributed by atoms with Gasteiger partial charge in [-0.3, -0.25) is 9.80 Å². The third kappa shape index (κ3) is 4.01. The van der Waals surface area contributed by atoms with Crippen LogP contribution in [0.1, 0.15) is 31.1 Å². The number of likely N-dealkylation sites (N-methyl/N-ethyl adjacent to an activating group) is 1. The van der Waals surface area contributed by atoms with Crippen molar-refractivity contribution in [2.24, 2.45) is 5.73 Å². The fourth-order valence-corrected chi connectivity index (χ4v) is 2.85. The average Bonchev–Trinajstić information content (AvgIpc) is 2.42. The molecule has 0 aromatic heterocycles. The molecule has 2 rings (SSSR count). The summed E-state index contributed by atoms with van der Waals surface area (Å²) in [7, 11) is 2.15. The predicted molar refractivity (Wildman–Crippen MR) is 90.4 cm³/mol. The molecule has 5 heteroatoms. The van der Waals surface area contributed by atoms with Crippen molar-refractivity contribution in [2.45, 2.75) is 25.5 Å². The van der Waals surface area contributed by atoms with E-state index in [2.05, 4.69) is 30.7 Å². The smallest absolute Gasteiger partial charge is 0.103 e. The SMILES string of the molecule is CN1CCN(CC(O)c2ccc(C(N)=S)cc2)CC1(C)C. The summed E-state index contributed by atoms with van der Waals surface area (Å²) in [5.74, 6) is 0. The molecule has 1 fully saturated rings. The van der Waals surface area contributed by atoms with E-state index in [9.17, 15) is 5.11 Å². The van der Waals surface area contributed by atoms with Gasteiger partial charge in [0, 0.05) is 37.3 Å². The largest absolute Gasteiger partial charge is 0.389 e. The van der Waals surface area contributed by atoms with E-state index in [1.165, 1.54) is 0 Å². The zero-order valence-electron chi connectivity index (χ0n) is 13.0. The maximum absolute atomic E-state index is 10.4. The molecule has 1 atom stereocenters. The Morgan fingerprint density at radius 2 is 1.95 bits per heavy atom. The summed E-state index contributed by atoms with van der Waals surface area (Å²) in [6.07, 6.45) is -0.482. The third-order valence-electron chi connectivity index (χ3n) is 4.41. The molecular formula is C16H25N3OS. The molecule has 1 aromatic carbocycles. The molecule has 1 aliphatic rings. The van der Waals surface area contributed by atoms with Crippen LogP contribution in [0.25, 0.3) is 0 Å². The Morgan fingerprint density at radius 1 is 1.33 bits per heavy atom. The Bertz CT molecular complexity index is 501. The van der Waals surface area contributed by atoms with E-state index in [0.29, 0.717) is 11.5 Å². The molecular weight excluding hydrogens is 282 g/mol. The second-order valence-electron chi connectivity index (χ2n) is 6.47. The molecule has 0 saturated carbocycles. The minimum atomic E-state index is -0.482. The fraction of sp³-hybridized carbons (Fsp3) is 0.562. The Balaban J connectivity index is 1.98. The monoisotopic (exact) mass is 307 g/mol. The van der Waals surface area contributed by atoms with Gasteiger partial charge in [-0.05, 0) is 26.5 Å². The molecule has 116 valence electrons. The summed E-state index contributed by atoms with van der Waals surface area (Å²) in [5, 5.41) is 10.4. The van der Waals surface area contributed by atoms with Gasteiger partial charge in [-0.25, -0.2) is 0 Å². The first kappa shape index (κ1) is 16.4. The molecule has 1 saturated heterocycles. The lowest BCUT2D eigenvalue weighted by molar-refractivity contribution is 0.0142. The van der Waals surface area contributed by atoms with Crippen LogP contribution < -0.4 is 5.73 Å². The summed E-state index contributed by atoms with van der Waals surface area (Å²) in [6, 6.07) is 7.55. The quantitative estimate of drug-likeness (QED) is 0.823. The molecule has 0 bridgehead atoms. The minimum absolute atomic E-state index is 0.146. The first-order chi connectivity index (χ1) is 9.79. The maximum Gasteiger partial charge on any atom is 0.103 e. The number of β-amino-alcohol motifs (C(OH)–C–C–N with tert-alkyl or cyclic N) is 1. The molecule has 0 radical (unpaired) electrons. The van der Waals surface area contributed by atoms with Crippen molar-refractivity contribution in [3.05, 3.63) is 35.4 Å². The average molecular weight is 307 g/mol. The van der Waals surface area contributed by atoms with Gasteiger partial charge in [0.2, 0.25) is 0 Å². The zero-order valence-corrected chi connectivity index (χ0v) is 13.9. The molecule has 4 nitrogen and oxygen atoms in total. The molecule has 1 aromatic rings. The molecule has 0 amide bonds. The highest BCUT2D eigenvalue weighted by Gasteiger charge is 2.31. The first-order valence-corrected chi connectivity index (χ1v) is 7.72. The number of hydrogen-bond acceptors (Lipinski definition) is 4. The second-order valence-corrected chi connectivity index (χ2v) is 6.91. The number of piperazine rings is 1. The van der Waals surface area contributed by atoms with Crippen LogP contribution in [0, 0.1) is 0 Å². The Morgan fingerprint density at radius 3 is 2.48 bits per heavy atom. The number of rotatable bonds is 4. The number of thiocarbonyl (C=S) groups is 1. The van der Waals surface area contributed by atoms with Crippen molar-refractivity contribution in [2.75, 3.05) is 33.2 Å². The molecule has 0 aliphatic carbocycles. The number of aliphatic hydroxyl groups is 1. The highest BCUT2D eigenvalue weighted by molar-refractivity contribution is 7.80. The highest BCUT2D eigenvalue weighted by Crippen LogP contribution is 2.22. The van der Waals surface area contributed by atoms with Gasteiger partial charge < -0.3 is 10.8 Å². The van der Waals surface area contributed by atoms with Gasteiger partial charge >= 0.3 is 0 Å². The van der Waals surface area contributed by atoms with Crippen molar-refractivity contribution in [3.8, 4) is 0 Å². The normalized spacial score (nSPS) is 21.1. The highest BCUT2D eigenvalue weighted by atomic mass is 32.1. The lowest BCUT2D eigenvalue weighted by Crippen LogP contribution is -2.58. The van der Waals surface area contributed by atoms with Gasteiger partial charge in [-0.1, -0.05) is 36.5 Å². The van der Waals surface area contributed by atoms with E-state index in [1.807, 2.05) is 24.3 Å². The van der Waals surface area contributed by atoms with E-state index >= 15 is 0 Å². The van der Waals surface area contributed by atoms with E-state index in [1.54, 1.807) is 0 Å². The molecule has 0 spiro atoms. The standard InChI is InChI=1S/C16H25N3OS/c1-16(2)11-19(9-8-18(16)3)10-14(20)12-4-6-13(7-5-12)15(17)21/h4-7,14,20H,8-11H2,1-3H3,(H2,17,21). The minimum Gasteiger partial charge on any atom is -0.389 e. The van der Waals surface area contributed by atoms with Crippen LogP contribution in [0.5, 0.6) is 0 Å². The summed E-state index contributed by atoms with van der Waals surface area (Å²) < 4.78 is 0. The van der Waals surface area contributed by atoms with Gasteiger partial charge in [0.15, 0.2) is 0 Å². The second kappa shape index (κ2) is 6.40. The topological polar surface area (TPSA) is 52.7 Å². The lowest BCUT2D eigenvalue weighted by atomic mass is 9.98. The molecule has 3 N–H and O–H groups in total. The fourth-order valence-electron chi connectivity index (χ4n) is 2.72. The van der Waals surface area contributed by atoms with Gasteiger partial charge in [-0.2, -0.15) is 0 Å². The predicted octanol–water partition coefficient (Wildman–Crippen LogP) is 1.38. The van der Waals surface area contributed by atoms with Crippen LogP contribution in [0.2, 0.25) is 0 Å². The van der Waals surface area contributed by atoms with Crippen LogP contribution in [0.3, 0.4) is 0 Å². The third-order valence-corrected chi connectivity index (χ3v) is 4.64. The zero-order chi connectivity index (χ0) is 15.6. The number of benzene rings is 1. The van der Waals surface area contributed by atoms with Crippen molar-refractivity contribution < 1.29 is 5.11 Å².